The van der Waals surface area contributed by atoms with Crippen molar-refractivity contribution < 1.29 is 9.47 Å². The van der Waals surface area contributed by atoms with E-state index in [1.54, 1.807) is 18.9 Å². The number of nitrogens with zero attached hydrogens (tertiary/aromatic N) is 1. The van der Waals surface area contributed by atoms with Gasteiger partial charge in [-0.3, -0.25) is 0 Å². The van der Waals surface area contributed by atoms with E-state index in [1.807, 2.05) is 36.4 Å². The number of methoxy groups -OCH3 is 1. The van der Waals surface area contributed by atoms with Crippen LogP contribution in [-0.2, 0) is 0 Å². The van der Waals surface area contributed by atoms with Crippen LogP contribution >= 0.6 is 23.4 Å². The van der Waals surface area contributed by atoms with Crippen LogP contribution in [0.2, 0.25) is 5.02 Å². The van der Waals surface area contributed by atoms with E-state index in [4.69, 9.17) is 21.1 Å². The molecule has 0 amide bonds. The fourth-order valence-corrected chi connectivity index (χ4v) is 4.50. The molecule has 2 unspecified atom stereocenters. The molecule has 6 heteroatoms. The van der Waals surface area contributed by atoms with Gasteiger partial charge in [-0.25, -0.2) is 0 Å². The number of hydrogen-bond acceptors (Lipinski definition) is 5. The van der Waals surface area contributed by atoms with Gasteiger partial charge in [-0.15, -0.1) is 11.8 Å². The van der Waals surface area contributed by atoms with E-state index in [1.165, 1.54) is 4.90 Å². The van der Waals surface area contributed by atoms with Gasteiger partial charge in [0.05, 0.1) is 18.8 Å². The molecule has 1 N–H and O–H groups in total. The van der Waals surface area contributed by atoms with Gasteiger partial charge in [-0.05, 0) is 54.8 Å². The summed E-state index contributed by atoms with van der Waals surface area (Å²) in [5, 5.41) is 2.84. The highest BCUT2D eigenvalue weighted by Gasteiger charge is 2.40. The second-order valence-electron chi connectivity index (χ2n) is 7.20. The maximum absolute atomic E-state index is 6.43. The number of hydrogen-bond donors (Lipinski definition) is 1. The van der Waals surface area contributed by atoms with E-state index in [-0.39, 0.29) is 12.3 Å². The van der Waals surface area contributed by atoms with Crippen molar-refractivity contribution in [1.29, 1.82) is 0 Å². The Bertz CT molecular complexity index is 1120. The summed E-state index contributed by atoms with van der Waals surface area (Å²) in [7, 11) is 1.68. The average molecular weight is 437 g/mol. The predicted octanol–water partition coefficient (Wildman–Crippen LogP) is 6.06. The molecule has 152 valence electrons. The first-order valence-corrected chi connectivity index (χ1v) is 11.3. The van der Waals surface area contributed by atoms with Crippen LogP contribution in [0.3, 0.4) is 0 Å². The summed E-state index contributed by atoms with van der Waals surface area (Å²) in [5.41, 5.74) is 7.77. The van der Waals surface area contributed by atoms with Crippen LogP contribution in [0.5, 0.6) is 11.5 Å². The molecule has 0 aromatic heterocycles. The second-order valence-corrected chi connectivity index (χ2v) is 8.52. The number of halogens is 1. The first-order chi connectivity index (χ1) is 14.7. The molecule has 2 aliphatic rings. The van der Waals surface area contributed by atoms with Gasteiger partial charge in [0.1, 0.15) is 11.5 Å². The zero-order chi connectivity index (χ0) is 20.7. The average Bonchev–Trinajstić information content (AvgIpc) is 3.25. The van der Waals surface area contributed by atoms with E-state index in [2.05, 4.69) is 53.1 Å². The second kappa shape index (κ2) is 7.91. The number of nitrogens with one attached hydrogen (secondary N) is 1. The molecule has 0 aliphatic carbocycles. The van der Waals surface area contributed by atoms with Gasteiger partial charge in [-0.1, -0.05) is 35.9 Å². The Hall–Kier alpha value is -2.60. The van der Waals surface area contributed by atoms with E-state index < -0.39 is 0 Å². The van der Waals surface area contributed by atoms with Crippen LogP contribution in [0.1, 0.15) is 29.0 Å². The van der Waals surface area contributed by atoms with Crippen LogP contribution in [-0.4, -0.2) is 18.4 Å². The smallest absolute Gasteiger partial charge is 0.195 e. The van der Waals surface area contributed by atoms with Crippen molar-refractivity contribution in [2.45, 2.75) is 17.2 Å². The van der Waals surface area contributed by atoms with Crippen molar-refractivity contribution in [1.82, 2.24) is 10.4 Å². The molecule has 5 rings (SSSR count). The highest BCUT2D eigenvalue weighted by Crippen LogP contribution is 2.46. The summed E-state index contributed by atoms with van der Waals surface area (Å²) in [4.78, 5) is 1.22. The lowest BCUT2D eigenvalue weighted by Gasteiger charge is -2.39. The Morgan fingerprint density at radius 2 is 1.90 bits per heavy atom. The predicted molar refractivity (Wildman–Crippen MR) is 122 cm³/mol. The highest BCUT2D eigenvalue weighted by molar-refractivity contribution is 7.98. The quantitative estimate of drug-likeness (QED) is 0.502. The first-order valence-electron chi connectivity index (χ1n) is 9.67. The van der Waals surface area contributed by atoms with Gasteiger partial charge < -0.3 is 14.9 Å². The monoisotopic (exact) mass is 436 g/mol. The Balaban J connectivity index is 1.57. The Morgan fingerprint density at radius 3 is 2.67 bits per heavy atom. The summed E-state index contributed by atoms with van der Waals surface area (Å²) in [6, 6.07) is 22.3. The third-order valence-electron chi connectivity index (χ3n) is 5.44. The maximum Gasteiger partial charge on any atom is 0.195 e. The molecule has 0 fully saturated rings. The largest absolute Gasteiger partial charge is 0.497 e. The Morgan fingerprint density at radius 1 is 1.07 bits per heavy atom. The number of fused-ring (bicyclic) bond motifs is 3. The van der Waals surface area contributed by atoms with Crippen molar-refractivity contribution in [3.8, 4) is 11.5 Å². The molecule has 30 heavy (non-hydrogen) atoms. The van der Waals surface area contributed by atoms with Crippen LogP contribution in [0, 0.1) is 0 Å². The summed E-state index contributed by atoms with van der Waals surface area (Å²) >= 11 is 8.04. The molecular formula is C24H21ClN2O2S. The lowest BCUT2D eigenvalue weighted by molar-refractivity contribution is -0.0326. The minimum Gasteiger partial charge on any atom is -0.497 e. The van der Waals surface area contributed by atoms with Crippen molar-refractivity contribution in [2.24, 2.45) is 0 Å². The van der Waals surface area contributed by atoms with Gasteiger partial charge in [0.25, 0.3) is 0 Å². The zero-order valence-electron chi connectivity index (χ0n) is 16.6. The molecule has 0 spiro atoms. The van der Waals surface area contributed by atoms with Gasteiger partial charge in [0, 0.05) is 26.6 Å². The van der Waals surface area contributed by atoms with Crippen molar-refractivity contribution in [3.05, 3.63) is 94.5 Å². The SMILES string of the molecule is COc1cccc(C2=CC3c4cc(Cl)ccc4OC(c4ccc(SC)cc4)N3N2)c1. The van der Waals surface area contributed by atoms with Crippen LogP contribution in [0.25, 0.3) is 5.70 Å². The molecule has 3 aromatic rings. The lowest BCUT2D eigenvalue weighted by atomic mass is 10.0. The van der Waals surface area contributed by atoms with E-state index >= 15 is 0 Å². The Kier molecular flexibility index (Phi) is 5.11. The number of rotatable bonds is 4. The molecule has 4 nitrogen and oxygen atoms in total. The summed E-state index contributed by atoms with van der Waals surface area (Å²) < 4.78 is 11.8. The maximum atomic E-state index is 6.43. The molecular weight excluding hydrogens is 416 g/mol. The summed E-state index contributed by atoms with van der Waals surface area (Å²) in [5.74, 6) is 1.67. The third kappa shape index (κ3) is 3.43. The van der Waals surface area contributed by atoms with Crippen LogP contribution < -0.4 is 14.9 Å². The molecule has 3 aromatic carbocycles. The van der Waals surface area contributed by atoms with Gasteiger partial charge in [0.2, 0.25) is 0 Å². The normalized spacial score (nSPS) is 19.9. The third-order valence-corrected chi connectivity index (χ3v) is 6.42. The molecule has 2 atom stereocenters. The number of ether oxygens (including phenoxy) is 2. The molecule has 2 aliphatic heterocycles. The molecule has 2 heterocycles. The Labute approximate surface area is 185 Å². The minimum absolute atomic E-state index is 0.00104. The molecule has 0 saturated heterocycles. The minimum atomic E-state index is -0.265. The van der Waals surface area contributed by atoms with E-state index in [0.717, 1.165) is 33.9 Å². The molecule has 0 saturated carbocycles. The first kappa shape index (κ1) is 19.4. The molecule has 0 bridgehead atoms. The summed E-state index contributed by atoms with van der Waals surface area (Å²) in [6.45, 7) is 0. The van der Waals surface area contributed by atoms with Crippen LogP contribution in [0.15, 0.2) is 77.7 Å². The van der Waals surface area contributed by atoms with Crippen molar-refractivity contribution in [3.63, 3.8) is 0 Å². The van der Waals surface area contributed by atoms with Crippen molar-refractivity contribution in [2.75, 3.05) is 13.4 Å². The van der Waals surface area contributed by atoms with Crippen LogP contribution in [0.4, 0.5) is 0 Å². The van der Waals surface area contributed by atoms with Crippen molar-refractivity contribution >= 4 is 29.1 Å². The fraction of sp³-hybridized carbons (Fsp3) is 0.167. The van der Waals surface area contributed by atoms with E-state index in [0.29, 0.717) is 5.02 Å². The molecule has 0 radical (unpaired) electrons. The number of hydrazine groups is 1. The number of benzene rings is 3. The van der Waals surface area contributed by atoms with Gasteiger partial charge >= 0.3 is 0 Å². The standard InChI is InChI=1S/C24H21ClN2O2S/c1-28-18-5-3-4-16(12-18)21-14-22-20-13-17(25)8-11-23(20)29-24(27(22)26-21)15-6-9-19(30-2)10-7-15/h3-14,22,24,26H,1-2H3. The topological polar surface area (TPSA) is 33.7 Å². The lowest BCUT2D eigenvalue weighted by Crippen LogP contribution is -2.43. The number of thioether (sulfide) groups is 1. The van der Waals surface area contributed by atoms with Gasteiger partial charge in [-0.2, -0.15) is 5.01 Å². The zero-order valence-corrected chi connectivity index (χ0v) is 18.2. The summed E-state index contributed by atoms with van der Waals surface area (Å²) in [6.07, 6.45) is 4.03. The fourth-order valence-electron chi connectivity index (χ4n) is 3.91. The highest BCUT2D eigenvalue weighted by atomic mass is 35.5. The van der Waals surface area contributed by atoms with E-state index in [9.17, 15) is 0 Å². The van der Waals surface area contributed by atoms with Gasteiger partial charge in [0.15, 0.2) is 6.23 Å².